The second-order valence-corrected chi connectivity index (χ2v) is 11.3. The lowest BCUT2D eigenvalue weighted by Gasteiger charge is -2.26. The number of allylic oxidation sites excluding steroid dienone is 1. The number of alkyl halides is 3. The number of aromatic nitrogens is 1. The minimum atomic E-state index is -5.00. The third-order valence-corrected chi connectivity index (χ3v) is 8.02. The fourth-order valence-electron chi connectivity index (χ4n) is 4.63. The molecule has 0 spiro atoms. The molecule has 0 saturated carbocycles. The molecule has 1 aromatic heterocycles. The number of carbonyl (C=O) groups is 1. The molecule has 2 heterocycles. The number of thiazole rings is 1. The third-order valence-electron chi connectivity index (χ3n) is 6.55. The molecule has 0 bridgehead atoms. The van der Waals surface area contributed by atoms with Crippen LogP contribution in [0.2, 0.25) is 10.0 Å². The Balaban J connectivity index is 1.61. The van der Waals surface area contributed by atoms with Crippen LogP contribution in [-0.2, 0) is 16.1 Å². The van der Waals surface area contributed by atoms with Gasteiger partial charge >= 0.3 is 12.1 Å². The van der Waals surface area contributed by atoms with Crippen LogP contribution >= 0.6 is 34.5 Å². The van der Waals surface area contributed by atoms with E-state index < -0.39 is 35.0 Å². The Morgan fingerprint density at radius 3 is 2.45 bits per heavy atom. The molecular weight excluding hydrogens is 640 g/mol. The van der Waals surface area contributed by atoms with Gasteiger partial charge in [-0.3, -0.25) is 9.36 Å². The average Bonchev–Trinajstić information content (AvgIpc) is 3.30. The van der Waals surface area contributed by atoms with Crippen molar-refractivity contribution >= 4 is 46.6 Å². The molecule has 5 rings (SSSR count). The predicted molar refractivity (Wildman–Crippen MR) is 161 cm³/mol. The Kier molecular flexibility index (Phi) is 9.19. The molecule has 1 aliphatic rings. The van der Waals surface area contributed by atoms with E-state index in [1.807, 2.05) is 12.1 Å². The van der Waals surface area contributed by atoms with Crippen LogP contribution < -0.4 is 24.4 Å². The molecule has 3 aromatic carbocycles. The van der Waals surface area contributed by atoms with E-state index in [4.69, 9.17) is 37.4 Å². The first-order chi connectivity index (χ1) is 21.0. The molecule has 0 N–H and O–H groups in total. The number of hydrogen-bond acceptors (Lipinski definition) is 7. The number of benzene rings is 3. The molecule has 44 heavy (non-hydrogen) atoms. The summed E-state index contributed by atoms with van der Waals surface area (Å²) in [5.74, 6) is -0.421. The Labute approximate surface area is 263 Å². The van der Waals surface area contributed by atoms with Gasteiger partial charge in [-0.05, 0) is 66.1 Å². The van der Waals surface area contributed by atoms with Crippen molar-refractivity contribution in [3.63, 3.8) is 0 Å². The topological polar surface area (TPSA) is 79.1 Å². The fourth-order valence-corrected chi connectivity index (χ4v) is 5.97. The number of nitrogens with zero attached hydrogens (tertiary/aromatic N) is 2. The second kappa shape index (κ2) is 12.9. The van der Waals surface area contributed by atoms with Gasteiger partial charge in [0.1, 0.15) is 6.61 Å². The number of hydrogen-bond donors (Lipinski definition) is 0. The smallest absolute Gasteiger partial charge is 0.434 e. The number of rotatable bonds is 8. The van der Waals surface area contributed by atoms with E-state index in [0.29, 0.717) is 27.1 Å². The molecule has 7 nitrogen and oxygen atoms in total. The van der Waals surface area contributed by atoms with Gasteiger partial charge < -0.3 is 14.2 Å². The lowest BCUT2D eigenvalue weighted by atomic mass is 9.95. The average molecular weight is 664 g/mol. The van der Waals surface area contributed by atoms with Gasteiger partial charge in [0, 0.05) is 10.0 Å². The van der Waals surface area contributed by atoms with Crippen molar-refractivity contribution in [3.05, 3.63) is 124 Å². The number of ether oxygens (including phenoxy) is 3. The Bertz CT molecular complexity index is 1940. The van der Waals surface area contributed by atoms with Crippen molar-refractivity contribution < 1.29 is 32.2 Å². The van der Waals surface area contributed by atoms with Crippen LogP contribution in [0.4, 0.5) is 13.2 Å². The largest absolute Gasteiger partial charge is 0.493 e. The van der Waals surface area contributed by atoms with E-state index in [0.717, 1.165) is 21.5 Å². The van der Waals surface area contributed by atoms with Crippen molar-refractivity contribution in [1.82, 2.24) is 4.57 Å². The van der Waals surface area contributed by atoms with Gasteiger partial charge in [0.15, 0.2) is 22.0 Å². The summed E-state index contributed by atoms with van der Waals surface area (Å²) in [6, 6.07) is 16.5. The summed E-state index contributed by atoms with van der Waals surface area (Å²) in [5, 5.41) is 0.901. The van der Waals surface area contributed by atoms with E-state index in [-0.39, 0.29) is 28.1 Å². The van der Waals surface area contributed by atoms with E-state index >= 15 is 0 Å². The summed E-state index contributed by atoms with van der Waals surface area (Å²) in [5.41, 5.74) is -1.26. The molecule has 0 radical (unpaired) electrons. The van der Waals surface area contributed by atoms with Crippen LogP contribution in [0.25, 0.3) is 6.08 Å². The van der Waals surface area contributed by atoms with Gasteiger partial charge in [-0.2, -0.15) is 13.2 Å². The van der Waals surface area contributed by atoms with Crippen LogP contribution in [0.1, 0.15) is 29.7 Å². The van der Waals surface area contributed by atoms with Gasteiger partial charge in [0.25, 0.3) is 5.56 Å². The molecular formula is C31H23Cl2F3N2O5S. The lowest BCUT2D eigenvalue weighted by Crippen LogP contribution is -2.41. The molecule has 0 unspecified atom stereocenters. The molecule has 0 saturated heterocycles. The van der Waals surface area contributed by atoms with Crippen LogP contribution in [-0.4, -0.2) is 30.4 Å². The van der Waals surface area contributed by atoms with Gasteiger partial charge in [0.05, 0.1) is 29.9 Å². The highest BCUT2D eigenvalue weighted by molar-refractivity contribution is 7.07. The predicted octanol–water partition coefficient (Wildman–Crippen LogP) is 6.24. The second-order valence-electron chi connectivity index (χ2n) is 9.44. The van der Waals surface area contributed by atoms with Gasteiger partial charge in [0.2, 0.25) is 0 Å². The summed E-state index contributed by atoms with van der Waals surface area (Å²) >= 11 is 12.8. The Hall–Kier alpha value is -4.06. The van der Waals surface area contributed by atoms with E-state index in [2.05, 4.69) is 4.99 Å². The number of esters is 1. The first-order valence-corrected chi connectivity index (χ1v) is 14.7. The highest BCUT2D eigenvalue weighted by atomic mass is 35.5. The molecule has 4 aromatic rings. The maximum atomic E-state index is 14.3. The van der Waals surface area contributed by atoms with Crippen LogP contribution in [0.5, 0.6) is 11.5 Å². The van der Waals surface area contributed by atoms with Crippen molar-refractivity contribution in [1.29, 1.82) is 0 Å². The molecule has 0 aliphatic carbocycles. The molecule has 1 aliphatic heterocycles. The highest BCUT2D eigenvalue weighted by Gasteiger charge is 2.45. The highest BCUT2D eigenvalue weighted by Crippen LogP contribution is 2.38. The first kappa shape index (κ1) is 31.4. The number of carbonyl (C=O) groups excluding carboxylic acids is 1. The minimum absolute atomic E-state index is 0.0870. The van der Waals surface area contributed by atoms with E-state index in [9.17, 15) is 22.8 Å². The summed E-state index contributed by atoms with van der Waals surface area (Å²) in [7, 11) is 1.46. The zero-order valence-electron chi connectivity index (χ0n) is 23.2. The maximum Gasteiger partial charge on any atom is 0.434 e. The number of methoxy groups -OCH3 is 1. The zero-order chi connectivity index (χ0) is 31.6. The summed E-state index contributed by atoms with van der Waals surface area (Å²) < 4.78 is 60.4. The van der Waals surface area contributed by atoms with Crippen molar-refractivity contribution in [2.75, 3.05) is 13.7 Å². The summed E-state index contributed by atoms with van der Waals surface area (Å²) in [6.45, 7) is 1.52. The van der Waals surface area contributed by atoms with Crippen LogP contribution in [0.3, 0.4) is 0 Å². The minimum Gasteiger partial charge on any atom is -0.493 e. The van der Waals surface area contributed by atoms with Crippen molar-refractivity contribution in [3.8, 4) is 11.5 Å². The summed E-state index contributed by atoms with van der Waals surface area (Å²) in [4.78, 5) is 30.3. The first-order valence-electron chi connectivity index (χ1n) is 13.1. The zero-order valence-corrected chi connectivity index (χ0v) is 25.5. The third kappa shape index (κ3) is 6.54. The summed E-state index contributed by atoms with van der Waals surface area (Å²) in [6.07, 6.45) is -3.50. The lowest BCUT2D eigenvalue weighted by molar-refractivity contribution is -0.140. The molecule has 0 amide bonds. The van der Waals surface area contributed by atoms with Crippen LogP contribution in [0.15, 0.2) is 87.8 Å². The van der Waals surface area contributed by atoms with Gasteiger partial charge in [-0.15, -0.1) is 0 Å². The fraction of sp³-hybridized carbons (Fsp3) is 0.194. The Morgan fingerprint density at radius 1 is 1.05 bits per heavy atom. The molecule has 0 fully saturated rings. The molecule has 228 valence electrons. The van der Waals surface area contributed by atoms with Gasteiger partial charge in [-0.1, -0.05) is 64.9 Å². The number of fused-ring (bicyclic) bond motifs is 1. The Morgan fingerprint density at radius 2 is 1.80 bits per heavy atom. The molecule has 13 heteroatoms. The van der Waals surface area contributed by atoms with E-state index in [1.165, 1.54) is 44.4 Å². The SMILES string of the molecule is CCOC(=O)C1=C(C(F)(F)F)N=c2s/c(=C\c3ccc(OCc4cccc(Cl)c4)c(OC)c3)c(=O)n2[C@H]1c1ccc(Cl)cc1. The van der Waals surface area contributed by atoms with Gasteiger partial charge in [-0.25, -0.2) is 9.79 Å². The standard InChI is InChI=1S/C31H23Cl2F3N2O5S/c1-3-42-29(40)25-26(19-8-10-20(32)11-9-19)38-28(39)24(44-30(38)37-27(25)31(34,35)36)15-17-7-12-22(23(14-17)41-2)43-16-18-5-4-6-21(33)13-18/h4-15,26H,3,16H2,1-2H3/b24-15-/t26-/m0/s1. The van der Waals surface area contributed by atoms with Crippen molar-refractivity contribution in [2.45, 2.75) is 25.7 Å². The van der Waals surface area contributed by atoms with Crippen LogP contribution in [0, 0.1) is 0 Å². The van der Waals surface area contributed by atoms with Crippen molar-refractivity contribution in [2.24, 2.45) is 4.99 Å². The van der Waals surface area contributed by atoms with E-state index in [1.54, 1.807) is 30.3 Å². The number of halogens is 5. The normalized spacial score (nSPS) is 15.1. The monoisotopic (exact) mass is 662 g/mol. The quantitative estimate of drug-likeness (QED) is 0.209. The molecule has 1 atom stereocenters. The maximum absolute atomic E-state index is 14.3.